The first-order valence-electron chi connectivity index (χ1n) is 10.7. The fourth-order valence-corrected chi connectivity index (χ4v) is 3.36. The highest BCUT2D eigenvalue weighted by atomic mass is 16.5. The molecule has 2 aromatic heterocycles. The summed E-state index contributed by atoms with van der Waals surface area (Å²) in [6.45, 7) is 0.538. The van der Waals surface area contributed by atoms with E-state index in [1.54, 1.807) is 12.3 Å². The fourth-order valence-electron chi connectivity index (χ4n) is 3.36. The van der Waals surface area contributed by atoms with E-state index in [1.807, 2.05) is 72.8 Å². The summed E-state index contributed by atoms with van der Waals surface area (Å²) in [5.74, 6) is 0.279. The van der Waals surface area contributed by atoms with E-state index in [0.717, 1.165) is 29.0 Å². The number of anilines is 1. The quantitative estimate of drug-likeness (QED) is 0.380. The van der Waals surface area contributed by atoms with Gasteiger partial charge in [-0.05, 0) is 42.0 Å². The zero-order valence-corrected chi connectivity index (χ0v) is 18.0. The molecular weight excluding hydrogens is 416 g/mol. The number of aliphatic carboxylic acids is 1. The van der Waals surface area contributed by atoms with Crippen LogP contribution in [-0.2, 0) is 17.6 Å². The van der Waals surface area contributed by atoms with Crippen molar-refractivity contribution in [2.24, 2.45) is 0 Å². The summed E-state index contributed by atoms with van der Waals surface area (Å²) in [6.07, 6.45) is 4.28. The fraction of sp³-hybridized carbons (Fsp3) is 0.154. The van der Waals surface area contributed by atoms with Crippen LogP contribution < -0.4 is 10.1 Å². The molecule has 0 saturated heterocycles. The van der Waals surface area contributed by atoms with Gasteiger partial charge in [0, 0.05) is 36.4 Å². The Morgan fingerprint density at radius 2 is 1.73 bits per heavy atom. The third-order valence-electron chi connectivity index (χ3n) is 5.07. The number of hydrogen-bond acceptors (Lipinski definition) is 6. The van der Waals surface area contributed by atoms with Gasteiger partial charge in [-0.1, -0.05) is 36.4 Å². The van der Waals surface area contributed by atoms with Gasteiger partial charge in [-0.25, -0.2) is 14.8 Å². The second-order valence-corrected chi connectivity index (χ2v) is 7.46. The van der Waals surface area contributed by atoms with E-state index < -0.39 is 12.0 Å². The average Bonchev–Trinajstić information content (AvgIpc) is 2.85. The van der Waals surface area contributed by atoms with Crippen LogP contribution in [0.15, 0.2) is 91.4 Å². The summed E-state index contributed by atoms with van der Waals surface area (Å²) in [4.78, 5) is 24.6. The first-order valence-corrected chi connectivity index (χ1v) is 10.7. The molecule has 0 aliphatic carbocycles. The van der Waals surface area contributed by atoms with Gasteiger partial charge < -0.3 is 15.2 Å². The van der Waals surface area contributed by atoms with E-state index in [4.69, 9.17) is 4.74 Å². The van der Waals surface area contributed by atoms with E-state index in [2.05, 4.69) is 20.3 Å². The standard InChI is InChI=1S/C26H24N4O3/c31-26(32)24(16-19-6-2-1-3-7-19)30-25-17-23(28-18-29-25)20-9-11-22(12-10-20)33-15-13-21-8-4-5-14-27-21/h1-12,14,17-18,24H,13,15-16H2,(H,31,32)(H,28,29,30). The molecule has 0 aliphatic rings. The lowest BCUT2D eigenvalue weighted by Crippen LogP contribution is -2.31. The second-order valence-electron chi connectivity index (χ2n) is 7.46. The van der Waals surface area contributed by atoms with E-state index in [0.29, 0.717) is 24.5 Å². The van der Waals surface area contributed by atoms with Crippen molar-refractivity contribution in [2.45, 2.75) is 18.9 Å². The molecule has 7 nitrogen and oxygen atoms in total. The Hall–Kier alpha value is -4.26. The molecule has 1 atom stereocenters. The molecule has 0 spiro atoms. The van der Waals surface area contributed by atoms with Crippen LogP contribution in [0.3, 0.4) is 0 Å². The molecule has 0 bridgehead atoms. The molecule has 2 N–H and O–H groups in total. The van der Waals surface area contributed by atoms with Crippen LogP contribution in [0.4, 0.5) is 5.82 Å². The van der Waals surface area contributed by atoms with Gasteiger partial charge in [-0.15, -0.1) is 0 Å². The third kappa shape index (κ3) is 6.36. The number of carbonyl (C=O) groups is 1. The zero-order valence-electron chi connectivity index (χ0n) is 18.0. The number of nitrogens with one attached hydrogen (secondary N) is 1. The Labute approximate surface area is 192 Å². The highest BCUT2D eigenvalue weighted by molar-refractivity contribution is 5.77. The van der Waals surface area contributed by atoms with Crippen molar-refractivity contribution < 1.29 is 14.6 Å². The van der Waals surface area contributed by atoms with Crippen molar-refractivity contribution in [1.29, 1.82) is 0 Å². The van der Waals surface area contributed by atoms with Gasteiger partial charge in [0.2, 0.25) is 0 Å². The molecule has 0 fully saturated rings. The summed E-state index contributed by atoms with van der Waals surface area (Å²) in [5, 5.41) is 12.6. The van der Waals surface area contributed by atoms with Crippen molar-refractivity contribution >= 4 is 11.8 Å². The molecule has 7 heteroatoms. The number of rotatable bonds is 10. The van der Waals surface area contributed by atoms with Gasteiger partial charge >= 0.3 is 5.97 Å². The number of carboxylic acids is 1. The van der Waals surface area contributed by atoms with Crippen LogP contribution in [0.1, 0.15) is 11.3 Å². The van der Waals surface area contributed by atoms with E-state index in [-0.39, 0.29) is 0 Å². The average molecular weight is 441 g/mol. The minimum Gasteiger partial charge on any atom is -0.493 e. The Morgan fingerprint density at radius 3 is 2.45 bits per heavy atom. The van der Waals surface area contributed by atoms with E-state index in [9.17, 15) is 9.90 Å². The van der Waals surface area contributed by atoms with Gasteiger partial charge in [0.25, 0.3) is 0 Å². The number of aromatic nitrogens is 3. The van der Waals surface area contributed by atoms with Crippen molar-refractivity contribution in [3.8, 4) is 17.0 Å². The maximum atomic E-state index is 11.8. The molecule has 166 valence electrons. The Bertz CT molecular complexity index is 1170. The number of ether oxygens (including phenoxy) is 1. The molecule has 0 amide bonds. The van der Waals surface area contributed by atoms with Crippen LogP contribution >= 0.6 is 0 Å². The van der Waals surface area contributed by atoms with Gasteiger partial charge in [-0.3, -0.25) is 4.98 Å². The van der Waals surface area contributed by atoms with Crippen LogP contribution in [0.2, 0.25) is 0 Å². The Kier molecular flexibility index (Phi) is 7.22. The summed E-state index contributed by atoms with van der Waals surface area (Å²) >= 11 is 0. The number of pyridine rings is 1. The molecule has 2 heterocycles. The maximum absolute atomic E-state index is 11.8. The first-order chi connectivity index (χ1) is 16.2. The lowest BCUT2D eigenvalue weighted by molar-refractivity contribution is -0.137. The lowest BCUT2D eigenvalue weighted by atomic mass is 10.1. The molecule has 1 unspecified atom stereocenters. The largest absolute Gasteiger partial charge is 0.493 e. The third-order valence-corrected chi connectivity index (χ3v) is 5.07. The molecule has 4 rings (SSSR count). The van der Waals surface area contributed by atoms with Crippen molar-refractivity contribution in [1.82, 2.24) is 15.0 Å². The monoisotopic (exact) mass is 440 g/mol. The minimum absolute atomic E-state index is 0.347. The van der Waals surface area contributed by atoms with Crippen molar-refractivity contribution in [3.63, 3.8) is 0 Å². The Morgan fingerprint density at radius 1 is 0.939 bits per heavy atom. The molecule has 0 aliphatic heterocycles. The Balaban J connectivity index is 1.38. The SMILES string of the molecule is O=C(O)C(Cc1ccccc1)Nc1cc(-c2ccc(OCCc3ccccn3)cc2)ncn1. The van der Waals surface area contributed by atoms with E-state index >= 15 is 0 Å². The highest BCUT2D eigenvalue weighted by Gasteiger charge is 2.18. The highest BCUT2D eigenvalue weighted by Crippen LogP contribution is 2.22. The predicted octanol–water partition coefficient (Wildman–Crippen LogP) is 4.27. The van der Waals surface area contributed by atoms with Crippen LogP contribution in [0.25, 0.3) is 11.3 Å². The van der Waals surface area contributed by atoms with Gasteiger partial charge in [-0.2, -0.15) is 0 Å². The molecule has 2 aromatic carbocycles. The number of nitrogens with zero attached hydrogens (tertiary/aromatic N) is 3. The minimum atomic E-state index is -0.939. The summed E-state index contributed by atoms with van der Waals surface area (Å²) in [5.41, 5.74) is 3.50. The van der Waals surface area contributed by atoms with Gasteiger partial charge in [0.1, 0.15) is 23.9 Å². The lowest BCUT2D eigenvalue weighted by Gasteiger charge is -2.15. The second kappa shape index (κ2) is 10.9. The van der Waals surface area contributed by atoms with Gasteiger partial charge in [0.15, 0.2) is 0 Å². The van der Waals surface area contributed by atoms with Gasteiger partial charge in [0.05, 0.1) is 12.3 Å². The first kappa shape index (κ1) is 22.0. The maximum Gasteiger partial charge on any atom is 0.326 e. The zero-order chi connectivity index (χ0) is 22.9. The molecule has 4 aromatic rings. The molecule has 33 heavy (non-hydrogen) atoms. The van der Waals surface area contributed by atoms with E-state index in [1.165, 1.54) is 6.33 Å². The number of carboxylic acid groups (broad SMARTS) is 1. The summed E-state index contributed by atoms with van der Waals surface area (Å²) < 4.78 is 5.81. The molecule has 0 radical (unpaired) electrons. The predicted molar refractivity (Wildman–Crippen MR) is 126 cm³/mol. The smallest absolute Gasteiger partial charge is 0.326 e. The summed E-state index contributed by atoms with van der Waals surface area (Å²) in [6, 6.07) is 23.9. The van der Waals surface area contributed by atoms with Crippen molar-refractivity contribution in [3.05, 3.63) is 103 Å². The number of benzene rings is 2. The normalized spacial score (nSPS) is 11.5. The topological polar surface area (TPSA) is 97.2 Å². The summed E-state index contributed by atoms with van der Waals surface area (Å²) in [7, 11) is 0. The molecular formula is C26H24N4O3. The van der Waals surface area contributed by atoms with Crippen molar-refractivity contribution in [2.75, 3.05) is 11.9 Å². The van der Waals surface area contributed by atoms with Crippen LogP contribution in [-0.4, -0.2) is 38.7 Å². The molecule has 0 saturated carbocycles. The number of hydrogen-bond donors (Lipinski definition) is 2. The van der Waals surface area contributed by atoms with Crippen LogP contribution in [0, 0.1) is 0 Å². The van der Waals surface area contributed by atoms with Crippen LogP contribution in [0.5, 0.6) is 5.75 Å².